The number of carbonyl (C=O) groups excluding carboxylic acids is 1. The van der Waals surface area contributed by atoms with Gasteiger partial charge >= 0.3 is 4.87 Å². The molecule has 10 heteroatoms. The summed E-state index contributed by atoms with van der Waals surface area (Å²) in [5.74, 6) is 1.76. The van der Waals surface area contributed by atoms with Crippen LogP contribution in [0.2, 0.25) is 0 Å². The van der Waals surface area contributed by atoms with E-state index in [4.69, 9.17) is 0 Å². The zero-order valence-electron chi connectivity index (χ0n) is 18.4. The number of amides is 1. The second-order valence-electron chi connectivity index (χ2n) is 8.95. The molecule has 5 heterocycles. The minimum Gasteiger partial charge on any atom is -0.354 e. The molecule has 2 atom stereocenters. The number of aryl methyl sites for hydroxylation is 2. The number of anilines is 1. The Morgan fingerprint density at radius 2 is 1.82 bits per heavy atom. The highest BCUT2D eigenvalue weighted by Crippen LogP contribution is 2.35. The van der Waals surface area contributed by atoms with Gasteiger partial charge in [-0.2, -0.15) is 10.2 Å². The quantitative estimate of drug-likeness (QED) is 0.464. The Bertz CT molecular complexity index is 1420. The maximum absolute atomic E-state index is 12.8. The van der Waals surface area contributed by atoms with Gasteiger partial charge in [0.25, 0.3) is 5.91 Å². The van der Waals surface area contributed by atoms with Gasteiger partial charge in [-0.05, 0) is 23.8 Å². The van der Waals surface area contributed by atoms with Gasteiger partial charge in [0.2, 0.25) is 0 Å². The summed E-state index contributed by atoms with van der Waals surface area (Å²) in [6.07, 6.45) is 5.17. The van der Waals surface area contributed by atoms with Gasteiger partial charge in [0.05, 0.1) is 28.2 Å². The summed E-state index contributed by atoms with van der Waals surface area (Å²) in [5, 5.41) is 12.8. The van der Waals surface area contributed by atoms with Crippen molar-refractivity contribution in [3.8, 4) is 11.1 Å². The van der Waals surface area contributed by atoms with Gasteiger partial charge in [0.15, 0.2) is 5.82 Å². The number of carbonyl (C=O) groups is 1. The van der Waals surface area contributed by atoms with Gasteiger partial charge in [-0.25, -0.2) is 0 Å². The maximum Gasteiger partial charge on any atom is 0.307 e. The zero-order chi connectivity index (χ0) is 22.7. The normalized spacial score (nSPS) is 20.1. The molecule has 0 unspecified atom stereocenters. The molecule has 168 valence electrons. The third-order valence-electron chi connectivity index (χ3n) is 6.82. The number of hydrogen-bond donors (Lipinski definition) is 0. The van der Waals surface area contributed by atoms with E-state index in [0.29, 0.717) is 17.4 Å². The molecule has 0 bridgehead atoms. The standard InChI is InChI=1S/C23H23N7O2S/c1-27-9-16(8-25-27)22(31)30-12-17-10-29(11-18(17)13-30)21-6-15(7-24-26-21)14-3-4-19-20(5-14)33-23(32)28(19)2/h3-9,17-18H,10-13H2,1-2H3/t17-,18+. The van der Waals surface area contributed by atoms with Crippen LogP contribution in [0.3, 0.4) is 0 Å². The number of benzene rings is 1. The number of rotatable bonds is 3. The molecule has 2 fully saturated rings. The molecule has 3 aromatic heterocycles. The molecular formula is C23H23N7O2S. The number of hydrogen-bond acceptors (Lipinski definition) is 7. The molecular weight excluding hydrogens is 438 g/mol. The van der Waals surface area contributed by atoms with Crippen molar-refractivity contribution >= 4 is 33.3 Å². The van der Waals surface area contributed by atoms with Gasteiger partial charge in [0.1, 0.15) is 0 Å². The Hall–Kier alpha value is -3.53. The average Bonchev–Trinajstić information content (AvgIpc) is 3.57. The van der Waals surface area contributed by atoms with Crippen molar-refractivity contribution in [3.05, 3.63) is 58.1 Å². The number of aromatic nitrogens is 5. The smallest absolute Gasteiger partial charge is 0.307 e. The third kappa shape index (κ3) is 3.41. The molecule has 33 heavy (non-hydrogen) atoms. The summed E-state index contributed by atoms with van der Waals surface area (Å²) in [5.41, 5.74) is 3.59. The lowest BCUT2D eigenvalue weighted by Crippen LogP contribution is -2.33. The molecule has 0 aliphatic carbocycles. The molecule has 6 rings (SSSR count). The Balaban J connectivity index is 1.19. The lowest BCUT2D eigenvalue weighted by Gasteiger charge is -2.22. The lowest BCUT2D eigenvalue weighted by molar-refractivity contribution is 0.0782. The first kappa shape index (κ1) is 20.1. The molecule has 0 saturated carbocycles. The largest absolute Gasteiger partial charge is 0.354 e. The molecule has 1 amide bonds. The highest BCUT2D eigenvalue weighted by atomic mass is 32.1. The van der Waals surface area contributed by atoms with Crippen LogP contribution in [0.5, 0.6) is 0 Å². The molecule has 2 aliphatic rings. The van der Waals surface area contributed by atoms with Crippen LogP contribution in [0.1, 0.15) is 10.4 Å². The Morgan fingerprint density at radius 3 is 2.55 bits per heavy atom. The minimum absolute atomic E-state index is 0.0374. The van der Waals surface area contributed by atoms with Crippen LogP contribution in [0.15, 0.2) is 47.7 Å². The summed E-state index contributed by atoms with van der Waals surface area (Å²) in [4.78, 5) is 29.0. The van der Waals surface area contributed by atoms with Crippen molar-refractivity contribution in [2.75, 3.05) is 31.1 Å². The molecule has 4 aromatic rings. The van der Waals surface area contributed by atoms with Crippen LogP contribution >= 0.6 is 11.3 Å². The first-order valence-electron chi connectivity index (χ1n) is 10.9. The second-order valence-corrected chi connectivity index (χ2v) is 9.94. The van der Waals surface area contributed by atoms with Crippen molar-refractivity contribution in [1.82, 2.24) is 29.4 Å². The Morgan fingerprint density at radius 1 is 1.03 bits per heavy atom. The van der Waals surface area contributed by atoms with Crippen molar-refractivity contribution in [3.63, 3.8) is 0 Å². The van der Waals surface area contributed by atoms with Crippen LogP contribution < -0.4 is 9.77 Å². The summed E-state index contributed by atoms with van der Waals surface area (Å²) < 4.78 is 4.30. The molecule has 2 aliphatic heterocycles. The molecule has 0 radical (unpaired) electrons. The van der Waals surface area contributed by atoms with E-state index in [1.54, 1.807) is 34.9 Å². The average molecular weight is 462 g/mol. The second kappa shape index (κ2) is 7.51. The fourth-order valence-corrected chi connectivity index (χ4v) is 5.96. The molecule has 0 N–H and O–H groups in total. The molecule has 9 nitrogen and oxygen atoms in total. The van der Waals surface area contributed by atoms with Gasteiger partial charge in [-0.3, -0.25) is 14.3 Å². The molecule has 2 saturated heterocycles. The Labute approximate surface area is 193 Å². The van der Waals surface area contributed by atoms with E-state index < -0.39 is 0 Å². The van der Waals surface area contributed by atoms with Gasteiger partial charge in [-0.1, -0.05) is 17.4 Å². The lowest BCUT2D eigenvalue weighted by atomic mass is 10.0. The number of nitrogens with zero attached hydrogens (tertiary/aromatic N) is 7. The predicted molar refractivity (Wildman–Crippen MR) is 126 cm³/mol. The van der Waals surface area contributed by atoms with Crippen LogP contribution in [0, 0.1) is 11.8 Å². The first-order valence-corrected chi connectivity index (χ1v) is 11.7. The summed E-state index contributed by atoms with van der Waals surface area (Å²) >= 11 is 1.25. The number of likely N-dealkylation sites (tertiary alicyclic amines) is 1. The summed E-state index contributed by atoms with van der Waals surface area (Å²) in [6, 6.07) is 8.12. The highest BCUT2D eigenvalue weighted by molar-refractivity contribution is 7.16. The SMILES string of the molecule is Cn1cc(C(=O)N2C[C@@H]3CN(c4cc(-c5ccc6c(c5)sc(=O)n6C)cnn4)C[C@@H]3C2)cn1. The van der Waals surface area contributed by atoms with E-state index in [-0.39, 0.29) is 10.8 Å². The van der Waals surface area contributed by atoms with Gasteiger partial charge in [-0.15, -0.1) is 5.10 Å². The van der Waals surface area contributed by atoms with E-state index in [0.717, 1.165) is 53.3 Å². The summed E-state index contributed by atoms with van der Waals surface area (Å²) in [7, 11) is 3.62. The van der Waals surface area contributed by atoms with E-state index in [2.05, 4.69) is 26.3 Å². The summed E-state index contributed by atoms with van der Waals surface area (Å²) in [6.45, 7) is 3.23. The fraction of sp³-hybridized carbons (Fsp3) is 0.348. The number of thiazole rings is 1. The van der Waals surface area contributed by atoms with Crippen LogP contribution in [-0.2, 0) is 14.1 Å². The monoisotopic (exact) mass is 461 g/mol. The molecule has 0 spiro atoms. The van der Waals surface area contributed by atoms with Gasteiger partial charge in [0, 0.05) is 63.9 Å². The first-order chi connectivity index (χ1) is 16.0. The number of fused-ring (bicyclic) bond motifs is 2. The topological polar surface area (TPSA) is 89.2 Å². The van der Waals surface area contributed by atoms with Crippen LogP contribution in [-0.4, -0.2) is 61.5 Å². The van der Waals surface area contributed by atoms with Crippen molar-refractivity contribution < 1.29 is 4.79 Å². The van der Waals surface area contributed by atoms with E-state index in [1.807, 2.05) is 30.1 Å². The van der Waals surface area contributed by atoms with Crippen LogP contribution in [0.4, 0.5) is 5.82 Å². The van der Waals surface area contributed by atoms with Crippen molar-refractivity contribution in [2.45, 2.75) is 0 Å². The predicted octanol–water partition coefficient (Wildman–Crippen LogP) is 2.00. The van der Waals surface area contributed by atoms with Gasteiger partial charge < -0.3 is 14.4 Å². The third-order valence-corrected chi connectivity index (χ3v) is 7.81. The van der Waals surface area contributed by atoms with E-state index in [9.17, 15) is 9.59 Å². The van der Waals surface area contributed by atoms with Crippen molar-refractivity contribution in [2.24, 2.45) is 25.9 Å². The van der Waals surface area contributed by atoms with E-state index >= 15 is 0 Å². The minimum atomic E-state index is 0.0374. The van der Waals surface area contributed by atoms with E-state index in [1.165, 1.54) is 11.3 Å². The van der Waals surface area contributed by atoms with Crippen LogP contribution in [0.25, 0.3) is 21.3 Å². The maximum atomic E-state index is 12.8. The fourth-order valence-electron chi connectivity index (χ4n) is 5.04. The van der Waals surface area contributed by atoms with Crippen molar-refractivity contribution in [1.29, 1.82) is 0 Å². The highest BCUT2D eigenvalue weighted by Gasteiger charge is 2.42. The molecule has 1 aromatic carbocycles. The zero-order valence-corrected chi connectivity index (χ0v) is 19.2. The Kier molecular flexibility index (Phi) is 4.58.